The first-order valence-electron chi connectivity index (χ1n) is 17.9. The lowest BCUT2D eigenvalue weighted by Crippen LogP contribution is -2.50. The summed E-state index contributed by atoms with van der Waals surface area (Å²) in [5.41, 5.74) is 2.01. The van der Waals surface area contributed by atoms with Crippen molar-refractivity contribution in [2.24, 2.45) is 5.92 Å². The number of likely N-dealkylation sites (N-methyl/N-ethyl adjacent to an activating group) is 1. The number of hydrogen-bond acceptors (Lipinski definition) is 9. The number of halogens is 2. The summed E-state index contributed by atoms with van der Waals surface area (Å²) in [6.45, 7) is 7.69. The van der Waals surface area contributed by atoms with Gasteiger partial charge >= 0.3 is 6.09 Å². The number of hydrogen-bond donors (Lipinski definition) is 1. The van der Waals surface area contributed by atoms with Crippen LogP contribution in [0.15, 0.2) is 42.5 Å². The lowest BCUT2D eigenvalue weighted by atomic mass is 9.79. The number of benzene rings is 3. The van der Waals surface area contributed by atoms with E-state index >= 15 is 4.39 Å². The molecule has 4 heterocycles. The normalized spacial score (nSPS) is 21.3. The number of nitrogens with one attached hydrogen (secondary N) is 1. The monoisotopic (exact) mass is 821 g/mol. The van der Waals surface area contributed by atoms with Crippen LogP contribution in [0.25, 0.3) is 32.8 Å². The Bertz CT molecular complexity index is 2050. The summed E-state index contributed by atoms with van der Waals surface area (Å²) in [4.78, 5) is 22.2. The number of nitriles is 1. The van der Waals surface area contributed by atoms with Crippen molar-refractivity contribution in [1.29, 1.82) is 5.26 Å². The van der Waals surface area contributed by atoms with E-state index in [2.05, 4.69) is 45.9 Å². The van der Waals surface area contributed by atoms with Crippen LogP contribution in [0.4, 0.5) is 14.9 Å². The zero-order valence-electron chi connectivity index (χ0n) is 30.3. The van der Waals surface area contributed by atoms with Crippen molar-refractivity contribution in [3.63, 3.8) is 0 Å². The molecule has 4 atom stereocenters. The minimum Gasteiger partial charge on any atom is -0.475 e. The first kappa shape index (κ1) is 36.4. The number of likely N-dealkylation sites (tertiary alicyclic amines) is 1. The number of rotatable bonds is 11. The summed E-state index contributed by atoms with van der Waals surface area (Å²) < 4.78 is 41.6. The molecule has 274 valence electrons. The van der Waals surface area contributed by atoms with E-state index in [1.807, 2.05) is 68.1 Å². The molecule has 8 rings (SSSR count). The molecule has 3 saturated heterocycles. The van der Waals surface area contributed by atoms with Gasteiger partial charge in [-0.3, -0.25) is 0 Å². The maximum Gasteiger partial charge on any atom is 0.410 e. The highest BCUT2D eigenvalue weighted by Crippen LogP contribution is 2.47. The van der Waals surface area contributed by atoms with Crippen LogP contribution in [0.5, 0.6) is 11.6 Å². The Labute approximate surface area is 317 Å². The summed E-state index contributed by atoms with van der Waals surface area (Å²) in [6, 6.07) is 15.9. The van der Waals surface area contributed by atoms with Gasteiger partial charge in [-0.15, -0.1) is 0 Å². The summed E-state index contributed by atoms with van der Waals surface area (Å²) in [5, 5.41) is 15.8. The average Bonchev–Trinajstić information content (AvgIpc) is 3.83. The van der Waals surface area contributed by atoms with Crippen molar-refractivity contribution in [2.75, 3.05) is 46.0 Å². The first-order valence-corrected chi connectivity index (χ1v) is 19.0. The lowest BCUT2D eigenvalue weighted by Gasteiger charge is -2.38. The molecule has 10 nitrogen and oxygen atoms in total. The Morgan fingerprint density at radius 3 is 2.71 bits per heavy atom. The SMILES string of the molecule is COCOc1cc(-c2c(CCC#N)cc3c(NC4C5CC4N(C(=O)OC(C)(C)C)C5)c(I)c(OC[C@@H]4CCCN4C)nc3c2F)c2ccccc2c1. The Morgan fingerprint density at radius 2 is 1.98 bits per heavy atom. The lowest BCUT2D eigenvalue weighted by molar-refractivity contribution is 0.0239. The van der Waals surface area contributed by atoms with Gasteiger partial charge in [-0.2, -0.15) is 5.26 Å². The van der Waals surface area contributed by atoms with E-state index in [1.54, 1.807) is 7.11 Å². The van der Waals surface area contributed by atoms with Gasteiger partial charge in [0, 0.05) is 43.0 Å². The quantitative estimate of drug-likeness (QED) is 0.119. The van der Waals surface area contributed by atoms with E-state index in [-0.39, 0.29) is 48.9 Å². The van der Waals surface area contributed by atoms with Crippen LogP contribution >= 0.6 is 22.6 Å². The van der Waals surface area contributed by atoms with Crippen LogP contribution < -0.4 is 14.8 Å². The molecule has 12 heteroatoms. The van der Waals surface area contributed by atoms with E-state index in [1.165, 1.54) is 0 Å². The van der Waals surface area contributed by atoms with Gasteiger partial charge < -0.3 is 34.1 Å². The second-order valence-corrected chi connectivity index (χ2v) is 16.2. The maximum atomic E-state index is 17.6. The van der Waals surface area contributed by atoms with Gasteiger partial charge in [0.2, 0.25) is 5.88 Å². The molecule has 3 unspecified atom stereocenters. The van der Waals surface area contributed by atoms with Gasteiger partial charge in [-0.05, 0) is 123 Å². The van der Waals surface area contributed by atoms with Crippen LogP contribution in [-0.4, -0.2) is 85.3 Å². The largest absolute Gasteiger partial charge is 0.475 e. The number of methoxy groups -OCH3 is 1. The molecule has 52 heavy (non-hydrogen) atoms. The fourth-order valence-electron chi connectivity index (χ4n) is 7.88. The Hall–Kier alpha value is -3.93. The molecule has 0 spiro atoms. The fourth-order valence-corrected chi connectivity index (χ4v) is 8.60. The third-order valence-corrected chi connectivity index (χ3v) is 11.5. The molecule has 4 aromatic rings. The van der Waals surface area contributed by atoms with Crippen molar-refractivity contribution in [3.05, 3.63) is 57.4 Å². The maximum absolute atomic E-state index is 17.6. The second-order valence-electron chi connectivity index (χ2n) is 15.1. The van der Waals surface area contributed by atoms with Gasteiger partial charge in [0.25, 0.3) is 0 Å². The third kappa shape index (κ3) is 7.07. The van der Waals surface area contributed by atoms with Gasteiger partial charge in [-0.1, -0.05) is 24.3 Å². The highest BCUT2D eigenvalue weighted by atomic mass is 127. The van der Waals surface area contributed by atoms with Crippen LogP contribution in [0, 0.1) is 26.6 Å². The standard InChI is InChI=1S/C40H45FIN5O5/c1-40(2,3)52-39(48)47-20-25-18-31(47)35(25)44-37-30-17-24(11-8-14-43)32(29-19-27(51-22-49-5)16-23-10-6-7-13-28(23)29)33(41)36(30)45-38(34(37)42)50-21-26-12-9-15-46(26)4/h6-7,10,13,16-17,19,25-26,31,35H,8-9,11-12,15,18,20-22H2,1-5H3,(H,44,45)/t25?,26-,31?,35?/m0/s1. The predicted octanol–water partition coefficient (Wildman–Crippen LogP) is 8.13. The van der Waals surface area contributed by atoms with Crippen LogP contribution in [0.2, 0.25) is 0 Å². The first-order chi connectivity index (χ1) is 25.0. The second kappa shape index (κ2) is 14.8. The van der Waals surface area contributed by atoms with E-state index in [0.717, 1.165) is 45.8 Å². The number of nitrogens with zero attached hydrogens (tertiary/aromatic N) is 4. The molecule has 1 amide bonds. The number of carbonyl (C=O) groups is 1. The molecule has 0 radical (unpaired) electrons. The number of anilines is 1. The predicted molar refractivity (Wildman–Crippen MR) is 207 cm³/mol. The highest BCUT2D eigenvalue weighted by Gasteiger charge is 2.55. The number of ether oxygens (including phenoxy) is 4. The summed E-state index contributed by atoms with van der Waals surface area (Å²) in [5.74, 6) is 0.632. The molecular formula is C40H45FIN5O5. The number of aromatic nitrogens is 1. The van der Waals surface area contributed by atoms with E-state index in [4.69, 9.17) is 23.9 Å². The fraction of sp³-hybridized carbons (Fsp3) is 0.475. The minimum absolute atomic E-state index is 0.0414. The minimum atomic E-state index is -0.598. The number of fused-ring (bicyclic) bond motifs is 3. The molecule has 3 aromatic carbocycles. The summed E-state index contributed by atoms with van der Waals surface area (Å²) in [6.07, 6.45) is 3.21. The van der Waals surface area contributed by atoms with E-state index in [0.29, 0.717) is 53.3 Å². The zero-order chi connectivity index (χ0) is 36.7. The number of amides is 1. The number of pyridine rings is 1. The van der Waals surface area contributed by atoms with Crippen molar-refractivity contribution < 1.29 is 28.1 Å². The van der Waals surface area contributed by atoms with Crippen LogP contribution in [0.1, 0.15) is 52.0 Å². The molecule has 1 N–H and O–H groups in total. The topological polar surface area (TPSA) is 109 Å². The molecule has 1 aliphatic carbocycles. The van der Waals surface area contributed by atoms with E-state index < -0.39 is 11.4 Å². The number of carbonyl (C=O) groups excluding carboxylic acids is 1. The zero-order valence-corrected chi connectivity index (χ0v) is 32.5. The molecule has 3 aliphatic heterocycles. The third-order valence-electron chi connectivity index (χ3n) is 10.5. The van der Waals surface area contributed by atoms with Crippen molar-refractivity contribution in [3.8, 4) is 28.8 Å². The molecular weight excluding hydrogens is 776 g/mol. The van der Waals surface area contributed by atoms with Gasteiger partial charge in [-0.25, -0.2) is 14.2 Å². The van der Waals surface area contributed by atoms with Gasteiger partial charge in [0.15, 0.2) is 12.6 Å². The van der Waals surface area contributed by atoms with E-state index in [9.17, 15) is 10.1 Å². The molecule has 1 saturated carbocycles. The molecule has 4 aliphatic rings. The summed E-state index contributed by atoms with van der Waals surface area (Å²) in [7, 11) is 3.65. The smallest absolute Gasteiger partial charge is 0.410 e. The molecule has 1 aromatic heterocycles. The Kier molecular flexibility index (Phi) is 10.4. The molecule has 4 fully saturated rings. The van der Waals surface area contributed by atoms with Gasteiger partial charge in [0.1, 0.15) is 23.5 Å². The van der Waals surface area contributed by atoms with Crippen molar-refractivity contribution in [2.45, 2.75) is 76.6 Å². The molecule has 2 bridgehead atoms. The Balaban J connectivity index is 1.37. The average molecular weight is 822 g/mol. The van der Waals surface area contributed by atoms with Crippen molar-refractivity contribution in [1.82, 2.24) is 14.8 Å². The van der Waals surface area contributed by atoms with Gasteiger partial charge in [0.05, 0.1) is 27.4 Å². The van der Waals surface area contributed by atoms with Crippen LogP contribution in [-0.2, 0) is 15.9 Å². The highest BCUT2D eigenvalue weighted by molar-refractivity contribution is 14.1. The van der Waals surface area contributed by atoms with Crippen molar-refractivity contribution >= 4 is 56.0 Å². The van der Waals surface area contributed by atoms with Crippen LogP contribution in [0.3, 0.4) is 0 Å². The number of aryl methyl sites for hydroxylation is 1. The Morgan fingerprint density at radius 1 is 1.17 bits per heavy atom. The summed E-state index contributed by atoms with van der Waals surface area (Å²) >= 11 is 2.25.